The van der Waals surface area contributed by atoms with Gasteiger partial charge in [0.1, 0.15) is 5.69 Å². The SMILES string of the molecule is COCc1cn(C2CC3CCC(C2)N3C(=O)C2CCC(F)(F)CC2)nn1. The molecule has 1 amide bonds. The number of piperidine rings is 1. The molecule has 2 saturated heterocycles. The van der Waals surface area contributed by atoms with Gasteiger partial charge in [-0.15, -0.1) is 5.10 Å². The van der Waals surface area contributed by atoms with E-state index >= 15 is 0 Å². The van der Waals surface area contributed by atoms with Gasteiger partial charge in [-0.25, -0.2) is 13.5 Å². The van der Waals surface area contributed by atoms with Gasteiger partial charge in [-0.2, -0.15) is 0 Å². The lowest BCUT2D eigenvalue weighted by atomic mass is 9.84. The van der Waals surface area contributed by atoms with Crippen LogP contribution in [0.4, 0.5) is 8.78 Å². The number of ether oxygens (including phenoxy) is 1. The first-order valence-corrected chi connectivity index (χ1v) is 9.56. The van der Waals surface area contributed by atoms with Crippen LogP contribution < -0.4 is 0 Å². The van der Waals surface area contributed by atoms with Crippen LogP contribution in [0.15, 0.2) is 6.20 Å². The third-order valence-corrected chi connectivity index (χ3v) is 6.25. The van der Waals surface area contributed by atoms with Crippen LogP contribution in [0.3, 0.4) is 0 Å². The highest BCUT2D eigenvalue weighted by atomic mass is 19.3. The average molecular weight is 368 g/mol. The number of aromatic nitrogens is 3. The fourth-order valence-corrected chi connectivity index (χ4v) is 4.93. The summed E-state index contributed by atoms with van der Waals surface area (Å²) in [5.74, 6) is -2.71. The Morgan fingerprint density at radius 2 is 1.85 bits per heavy atom. The third kappa shape index (κ3) is 3.35. The highest BCUT2D eigenvalue weighted by Crippen LogP contribution is 2.44. The zero-order chi connectivity index (χ0) is 18.3. The van der Waals surface area contributed by atoms with Gasteiger partial charge in [0.25, 0.3) is 0 Å². The van der Waals surface area contributed by atoms with E-state index in [1.54, 1.807) is 7.11 Å². The van der Waals surface area contributed by atoms with E-state index in [1.807, 2.05) is 15.8 Å². The fourth-order valence-electron chi connectivity index (χ4n) is 4.93. The van der Waals surface area contributed by atoms with Crippen LogP contribution in [0.2, 0.25) is 0 Å². The van der Waals surface area contributed by atoms with Crippen molar-refractivity contribution in [2.24, 2.45) is 5.92 Å². The first kappa shape index (κ1) is 17.8. The number of amides is 1. The quantitative estimate of drug-likeness (QED) is 0.820. The Balaban J connectivity index is 1.41. The maximum atomic E-state index is 13.4. The number of methoxy groups -OCH3 is 1. The summed E-state index contributed by atoms with van der Waals surface area (Å²) in [4.78, 5) is 15.0. The van der Waals surface area contributed by atoms with E-state index in [9.17, 15) is 13.6 Å². The van der Waals surface area contributed by atoms with E-state index in [4.69, 9.17) is 4.74 Å². The van der Waals surface area contributed by atoms with Crippen LogP contribution in [-0.4, -0.2) is 50.9 Å². The van der Waals surface area contributed by atoms with Crippen molar-refractivity contribution in [3.05, 3.63) is 11.9 Å². The molecule has 6 nitrogen and oxygen atoms in total. The molecule has 2 unspecified atom stereocenters. The summed E-state index contributed by atoms with van der Waals surface area (Å²) in [7, 11) is 1.63. The summed E-state index contributed by atoms with van der Waals surface area (Å²) in [6.07, 6.45) is 5.96. The van der Waals surface area contributed by atoms with Gasteiger partial charge in [0, 0.05) is 38.0 Å². The molecule has 0 aromatic carbocycles. The van der Waals surface area contributed by atoms with Crippen LogP contribution in [0.25, 0.3) is 0 Å². The Bertz CT molecular complexity index is 641. The number of alkyl halides is 2. The van der Waals surface area contributed by atoms with Gasteiger partial charge in [0.05, 0.1) is 18.8 Å². The second-order valence-electron chi connectivity index (χ2n) is 8.01. The topological polar surface area (TPSA) is 60.2 Å². The number of carbonyl (C=O) groups excluding carboxylic acids is 1. The van der Waals surface area contributed by atoms with E-state index in [-0.39, 0.29) is 42.8 Å². The number of hydrogen-bond donors (Lipinski definition) is 0. The van der Waals surface area contributed by atoms with Crippen molar-refractivity contribution in [1.82, 2.24) is 19.9 Å². The predicted octanol–water partition coefficient (Wildman–Crippen LogP) is 2.94. The molecule has 2 bridgehead atoms. The molecule has 3 heterocycles. The summed E-state index contributed by atoms with van der Waals surface area (Å²) >= 11 is 0. The van der Waals surface area contributed by atoms with Gasteiger partial charge < -0.3 is 9.64 Å². The Labute approximate surface area is 151 Å². The molecule has 3 fully saturated rings. The minimum Gasteiger partial charge on any atom is -0.378 e. The molecular formula is C18H26F2N4O2. The zero-order valence-corrected chi connectivity index (χ0v) is 15.1. The van der Waals surface area contributed by atoms with E-state index in [0.29, 0.717) is 19.4 Å². The van der Waals surface area contributed by atoms with Crippen LogP contribution >= 0.6 is 0 Å². The first-order chi connectivity index (χ1) is 12.5. The highest BCUT2D eigenvalue weighted by Gasteiger charge is 2.47. The predicted molar refractivity (Wildman–Crippen MR) is 89.6 cm³/mol. The van der Waals surface area contributed by atoms with Gasteiger partial charge in [-0.05, 0) is 38.5 Å². The monoisotopic (exact) mass is 368 g/mol. The van der Waals surface area contributed by atoms with Gasteiger partial charge in [0.15, 0.2) is 0 Å². The second-order valence-corrected chi connectivity index (χ2v) is 8.01. The number of rotatable bonds is 4. The fraction of sp³-hybridized carbons (Fsp3) is 0.833. The summed E-state index contributed by atoms with van der Waals surface area (Å²) in [6.45, 7) is 0.441. The molecule has 0 N–H and O–H groups in total. The molecule has 2 atom stereocenters. The average Bonchev–Trinajstić information content (AvgIpc) is 3.17. The standard InChI is InChI=1S/C18H26F2N4O2/c1-26-11-13-10-23(22-21-13)16-8-14-2-3-15(9-16)24(14)17(25)12-4-6-18(19,20)7-5-12/h10,12,14-16H,2-9,11H2,1H3. The lowest BCUT2D eigenvalue weighted by molar-refractivity contribution is -0.144. The van der Waals surface area contributed by atoms with Gasteiger partial charge in [-0.3, -0.25) is 4.79 Å². The number of fused-ring (bicyclic) bond motifs is 2. The minimum absolute atomic E-state index is 0.102. The molecule has 8 heteroatoms. The van der Waals surface area contributed by atoms with Crippen molar-refractivity contribution in [3.8, 4) is 0 Å². The molecule has 2 aliphatic heterocycles. The molecule has 1 aromatic heterocycles. The summed E-state index contributed by atoms with van der Waals surface area (Å²) in [6, 6.07) is 0.637. The maximum absolute atomic E-state index is 13.4. The molecule has 26 heavy (non-hydrogen) atoms. The van der Waals surface area contributed by atoms with Crippen molar-refractivity contribution < 1.29 is 18.3 Å². The van der Waals surface area contributed by atoms with Crippen molar-refractivity contribution in [2.45, 2.75) is 82.0 Å². The van der Waals surface area contributed by atoms with E-state index in [0.717, 1.165) is 31.4 Å². The highest BCUT2D eigenvalue weighted by molar-refractivity contribution is 5.80. The van der Waals surface area contributed by atoms with Gasteiger partial charge in [0.2, 0.25) is 11.8 Å². The third-order valence-electron chi connectivity index (χ3n) is 6.25. The van der Waals surface area contributed by atoms with Crippen molar-refractivity contribution in [3.63, 3.8) is 0 Å². The Morgan fingerprint density at radius 3 is 2.46 bits per heavy atom. The molecule has 0 spiro atoms. The lowest BCUT2D eigenvalue weighted by Gasteiger charge is -2.41. The second kappa shape index (κ2) is 6.87. The summed E-state index contributed by atoms with van der Waals surface area (Å²) in [5, 5.41) is 8.36. The number of hydrogen-bond acceptors (Lipinski definition) is 4. The molecule has 1 aromatic rings. The molecule has 1 saturated carbocycles. The molecule has 4 rings (SSSR count). The van der Waals surface area contributed by atoms with E-state index < -0.39 is 5.92 Å². The van der Waals surface area contributed by atoms with Crippen molar-refractivity contribution >= 4 is 5.91 Å². The maximum Gasteiger partial charge on any atom is 0.248 e. The molecule has 1 aliphatic carbocycles. The van der Waals surface area contributed by atoms with Crippen LogP contribution in [0.1, 0.15) is 63.1 Å². The minimum atomic E-state index is -2.59. The van der Waals surface area contributed by atoms with Crippen molar-refractivity contribution in [2.75, 3.05) is 7.11 Å². The Hall–Kier alpha value is -1.57. The molecule has 144 valence electrons. The first-order valence-electron chi connectivity index (χ1n) is 9.56. The van der Waals surface area contributed by atoms with E-state index in [2.05, 4.69) is 10.3 Å². The lowest BCUT2D eigenvalue weighted by Crippen LogP contribution is -2.50. The Morgan fingerprint density at radius 1 is 1.19 bits per heavy atom. The van der Waals surface area contributed by atoms with Crippen LogP contribution in [-0.2, 0) is 16.1 Å². The summed E-state index contributed by atoms with van der Waals surface area (Å²) in [5.41, 5.74) is 0.807. The van der Waals surface area contributed by atoms with Crippen LogP contribution in [0.5, 0.6) is 0 Å². The number of carbonyl (C=O) groups is 1. The molecular weight excluding hydrogens is 342 g/mol. The number of nitrogens with zero attached hydrogens (tertiary/aromatic N) is 4. The summed E-state index contributed by atoms with van der Waals surface area (Å²) < 4.78 is 33.8. The van der Waals surface area contributed by atoms with Gasteiger partial charge in [-0.1, -0.05) is 5.21 Å². The zero-order valence-electron chi connectivity index (χ0n) is 15.1. The van der Waals surface area contributed by atoms with Gasteiger partial charge >= 0.3 is 0 Å². The Kier molecular flexibility index (Phi) is 4.71. The molecule has 3 aliphatic rings. The normalized spacial score (nSPS) is 31.3. The van der Waals surface area contributed by atoms with E-state index in [1.165, 1.54) is 0 Å². The van der Waals surface area contributed by atoms with Crippen molar-refractivity contribution in [1.29, 1.82) is 0 Å². The number of halogens is 2. The largest absolute Gasteiger partial charge is 0.378 e. The smallest absolute Gasteiger partial charge is 0.248 e. The molecule has 0 radical (unpaired) electrons. The van der Waals surface area contributed by atoms with Crippen LogP contribution in [0, 0.1) is 5.92 Å².